The SMILES string of the molecule is CCCNCC(C)NCc1cncn1C. The molecule has 86 valence electrons. The molecular weight excluding hydrogens is 188 g/mol. The van der Waals surface area contributed by atoms with Crippen LogP contribution in [0.5, 0.6) is 0 Å². The van der Waals surface area contributed by atoms with Crippen LogP contribution in [0.2, 0.25) is 0 Å². The summed E-state index contributed by atoms with van der Waals surface area (Å²) in [7, 11) is 2.02. The second-order valence-electron chi connectivity index (χ2n) is 3.98. The largest absolute Gasteiger partial charge is 0.337 e. The molecule has 4 nitrogen and oxygen atoms in total. The summed E-state index contributed by atoms with van der Waals surface area (Å²) in [5.74, 6) is 0. The van der Waals surface area contributed by atoms with Crippen LogP contribution in [-0.4, -0.2) is 28.7 Å². The van der Waals surface area contributed by atoms with Gasteiger partial charge in [0.1, 0.15) is 0 Å². The maximum atomic E-state index is 4.08. The lowest BCUT2D eigenvalue weighted by molar-refractivity contribution is 0.494. The first kappa shape index (κ1) is 12.2. The Balaban J connectivity index is 2.16. The van der Waals surface area contributed by atoms with Crippen molar-refractivity contribution in [3.05, 3.63) is 18.2 Å². The van der Waals surface area contributed by atoms with E-state index in [4.69, 9.17) is 0 Å². The normalized spacial score (nSPS) is 13.0. The van der Waals surface area contributed by atoms with Crippen LogP contribution in [0.1, 0.15) is 26.0 Å². The van der Waals surface area contributed by atoms with Gasteiger partial charge in [-0.2, -0.15) is 0 Å². The molecule has 0 aliphatic rings. The first-order chi connectivity index (χ1) is 7.24. The fourth-order valence-electron chi connectivity index (χ4n) is 1.40. The zero-order valence-electron chi connectivity index (χ0n) is 9.95. The van der Waals surface area contributed by atoms with Crippen LogP contribution in [0.25, 0.3) is 0 Å². The van der Waals surface area contributed by atoms with Gasteiger partial charge in [-0.15, -0.1) is 0 Å². The Labute approximate surface area is 92.1 Å². The topological polar surface area (TPSA) is 41.9 Å². The van der Waals surface area contributed by atoms with Gasteiger partial charge in [0.25, 0.3) is 0 Å². The standard InChI is InChI=1S/C11H22N4/c1-4-5-12-6-10(2)14-8-11-7-13-9-15(11)3/h7,9-10,12,14H,4-6,8H2,1-3H3. The number of imidazole rings is 1. The van der Waals surface area contributed by atoms with Crippen LogP contribution in [-0.2, 0) is 13.6 Å². The van der Waals surface area contributed by atoms with Gasteiger partial charge in [0.15, 0.2) is 0 Å². The lowest BCUT2D eigenvalue weighted by atomic mass is 10.3. The van der Waals surface area contributed by atoms with Crippen LogP contribution in [0.3, 0.4) is 0 Å². The molecule has 4 heteroatoms. The summed E-state index contributed by atoms with van der Waals surface area (Å²) in [5.41, 5.74) is 1.22. The number of aromatic nitrogens is 2. The monoisotopic (exact) mass is 210 g/mol. The van der Waals surface area contributed by atoms with Crippen molar-refractivity contribution in [2.45, 2.75) is 32.9 Å². The van der Waals surface area contributed by atoms with Crippen molar-refractivity contribution in [1.29, 1.82) is 0 Å². The predicted molar refractivity (Wildman–Crippen MR) is 62.7 cm³/mol. The molecule has 1 heterocycles. The summed E-state index contributed by atoms with van der Waals surface area (Å²) >= 11 is 0. The first-order valence-electron chi connectivity index (χ1n) is 5.63. The molecule has 0 amide bonds. The molecule has 0 saturated heterocycles. The summed E-state index contributed by atoms with van der Waals surface area (Å²) in [6.07, 6.45) is 4.92. The third kappa shape index (κ3) is 4.44. The van der Waals surface area contributed by atoms with Gasteiger partial charge in [-0.05, 0) is 19.9 Å². The molecule has 1 unspecified atom stereocenters. The number of nitrogens with zero attached hydrogens (tertiary/aromatic N) is 2. The van der Waals surface area contributed by atoms with E-state index in [0.717, 1.165) is 19.6 Å². The van der Waals surface area contributed by atoms with Crippen LogP contribution in [0, 0.1) is 0 Å². The van der Waals surface area contributed by atoms with Gasteiger partial charge in [0, 0.05) is 32.4 Å². The van der Waals surface area contributed by atoms with E-state index >= 15 is 0 Å². The molecule has 0 fully saturated rings. The zero-order valence-corrected chi connectivity index (χ0v) is 9.95. The molecule has 1 rings (SSSR count). The maximum Gasteiger partial charge on any atom is 0.0945 e. The summed E-state index contributed by atoms with van der Waals surface area (Å²) in [5, 5.41) is 6.86. The third-order valence-corrected chi connectivity index (χ3v) is 2.43. The minimum Gasteiger partial charge on any atom is -0.337 e. The highest BCUT2D eigenvalue weighted by atomic mass is 15.1. The Kier molecular flexibility index (Phi) is 5.36. The predicted octanol–water partition coefficient (Wildman–Crippen LogP) is 0.898. The van der Waals surface area contributed by atoms with Gasteiger partial charge >= 0.3 is 0 Å². The molecule has 0 saturated carbocycles. The second kappa shape index (κ2) is 6.58. The molecular formula is C11H22N4. The third-order valence-electron chi connectivity index (χ3n) is 2.43. The van der Waals surface area contributed by atoms with E-state index in [0.29, 0.717) is 6.04 Å². The van der Waals surface area contributed by atoms with Gasteiger partial charge in [0.05, 0.1) is 12.0 Å². The highest BCUT2D eigenvalue weighted by Gasteiger charge is 2.02. The molecule has 0 bridgehead atoms. The van der Waals surface area contributed by atoms with Crippen LogP contribution in [0.4, 0.5) is 0 Å². The van der Waals surface area contributed by atoms with Gasteiger partial charge in [-0.3, -0.25) is 0 Å². The number of rotatable bonds is 7. The van der Waals surface area contributed by atoms with Crippen molar-refractivity contribution in [2.75, 3.05) is 13.1 Å². The highest BCUT2D eigenvalue weighted by molar-refractivity contribution is 4.96. The van der Waals surface area contributed by atoms with Crippen LogP contribution >= 0.6 is 0 Å². The Morgan fingerprint density at radius 2 is 2.33 bits per heavy atom. The minimum atomic E-state index is 0.492. The van der Waals surface area contributed by atoms with Crippen molar-refractivity contribution in [3.8, 4) is 0 Å². The van der Waals surface area contributed by atoms with E-state index in [-0.39, 0.29) is 0 Å². The lowest BCUT2D eigenvalue weighted by Crippen LogP contribution is -2.36. The summed E-state index contributed by atoms with van der Waals surface area (Å²) in [6, 6.07) is 0.492. The Hall–Kier alpha value is -0.870. The summed E-state index contributed by atoms with van der Waals surface area (Å²) in [4.78, 5) is 4.08. The Morgan fingerprint density at radius 3 is 2.93 bits per heavy atom. The number of hydrogen-bond donors (Lipinski definition) is 2. The average Bonchev–Trinajstić information content (AvgIpc) is 2.61. The van der Waals surface area contributed by atoms with Crippen LogP contribution in [0.15, 0.2) is 12.5 Å². The smallest absolute Gasteiger partial charge is 0.0945 e. The lowest BCUT2D eigenvalue weighted by Gasteiger charge is -2.14. The highest BCUT2D eigenvalue weighted by Crippen LogP contribution is 1.95. The second-order valence-corrected chi connectivity index (χ2v) is 3.98. The maximum absolute atomic E-state index is 4.08. The minimum absolute atomic E-state index is 0.492. The van der Waals surface area contributed by atoms with Crippen molar-refractivity contribution in [1.82, 2.24) is 20.2 Å². The summed E-state index contributed by atoms with van der Waals surface area (Å²) < 4.78 is 2.04. The molecule has 15 heavy (non-hydrogen) atoms. The van der Waals surface area contributed by atoms with E-state index in [2.05, 4.69) is 29.5 Å². The van der Waals surface area contributed by atoms with Crippen molar-refractivity contribution in [3.63, 3.8) is 0 Å². The molecule has 0 spiro atoms. The molecule has 0 aromatic carbocycles. The molecule has 2 N–H and O–H groups in total. The van der Waals surface area contributed by atoms with Gasteiger partial charge in [-0.1, -0.05) is 6.92 Å². The van der Waals surface area contributed by atoms with Crippen molar-refractivity contribution < 1.29 is 0 Å². The van der Waals surface area contributed by atoms with E-state index in [1.165, 1.54) is 12.1 Å². The molecule has 1 aromatic heterocycles. The van der Waals surface area contributed by atoms with Crippen LogP contribution < -0.4 is 10.6 Å². The fourth-order valence-corrected chi connectivity index (χ4v) is 1.40. The fraction of sp³-hybridized carbons (Fsp3) is 0.727. The number of hydrogen-bond acceptors (Lipinski definition) is 3. The quantitative estimate of drug-likeness (QED) is 0.657. The van der Waals surface area contributed by atoms with Gasteiger partial charge in [0.2, 0.25) is 0 Å². The van der Waals surface area contributed by atoms with E-state index in [9.17, 15) is 0 Å². The van der Waals surface area contributed by atoms with Crippen molar-refractivity contribution in [2.24, 2.45) is 7.05 Å². The number of nitrogens with one attached hydrogen (secondary N) is 2. The van der Waals surface area contributed by atoms with E-state index in [1.54, 1.807) is 0 Å². The van der Waals surface area contributed by atoms with Gasteiger partial charge in [-0.25, -0.2) is 4.98 Å². The molecule has 0 radical (unpaired) electrons. The molecule has 0 aliphatic heterocycles. The Morgan fingerprint density at radius 1 is 1.53 bits per heavy atom. The molecule has 1 aromatic rings. The van der Waals surface area contributed by atoms with Gasteiger partial charge < -0.3 is 15.2 Å². The molecule has 1 atom stereocenters. The van der Waals surface area contributed by atoms with E-state index in [1.807, 2.05) is 24.1 Å². The van der Waals surface area contributed by atoms with Crippen molar-refractivity contribution >= 4 is 0 Å². The average molecular weight is 210 g/mol. The summed E-state index contributed by atoms with van der Waals surface area (Å²) in [6.45, 7) is 7.37. The first-order valence-corrected chi connectivity index (χ1v) is 5.63. The number of aryl methyl sites for hydroxylation is 1. The molecule has 0 aliphatic carbocycles. The Bertz CT molecular complexity index is 269. The van der Waals surface area contributed by atoms with E-state index < -0.39 is 0 Å². The zero-order chi connectivity index (χ0) is 11.1.